The van der Waals surface area contributed by atoms with Crippen molar-refractivity contribution in [1.29, 1.82) is 0 Å². The maximum atomic E-state index is 12.6. The third-order valence-electron chi connectivity index (χ3n) is 4.95. The molecular formula is C20H27N3O2. The molecule has 1 heterocycles. The number of hydrogen-bond donors (Lipinski definition) is 0. The van der Waals surface area contributed by atoms with E-state index >= 15 is 0 Å². The van der Waals surface area contributed by atoms with E-state index in [9.17, 15) is 4.79 Å². The summed E-state index contributed by atoms with van der Waals surface area (Å²) in [5.41, 5.74) is 2.64. The van der Waals surface area contributed by atoms with E-state index in [1.54, 1.807) is 0 Å². The van der Waals surface area contributed by atoms with Gasteiger partial charge in [0.15, 0.2) is 5.82 Å². The first kappa shape index (κ1) is 17.6. The molecule has 1 aliphatic carbocycles. The van der Waals surface area contributed by atoms with Crippen LogP contribution in [0.2, 0.25) is 0 Å². The second kappa shape index (κ2) is 6.98. The zero-order valence-corrected chi connectivity index (χ0v) is 15.6. The maximum Gasteiger partial charge on any atom is 0.227 e. The third kappa shape index (κ3) is 4.09. The largest absolute Gasteiger partial charge is 0.342 e. The van der Waals surface area contributed by atoms with Crippen molar-refractivity contribution in [2.75, 3.05) is 7.05 Å². The number of rotatable bonds is 4. The molecule has 0 aliphatic heterocycles. The van der Waals surface area contributed by atoms with Crippen LogP contribution in [0.5, 0.6) is 0 Å². The average molecular weight is 341 g/mol. The molecule has 0 radical (unpaired) electrons. The van der Waals surface area contributed by atoms with E-state index in [0.29, 0.717) is 24.6 Å². The first-order chi connectivity index (χ1) is 11.8. The van der Waals surface area contributed by atoms with Gasteiger partial charge < -0.3 is 9.42 Å². The Bertz CT molecular complexity index is 745. The fraction of sp³-hybridized carbons (Fsp3) is 0.550. The number of benzene rings is 1. The summed E-state index contributed by atoms with van der Waals surface area (Å²) in [4.78, 5) is 18.9. The number of hydrogen-bond acceptors (Lipinski definition) is 4. The van der Waals surface area contributed by atoms with Crippen molar-refractivity contribution in [3.63, 3.8) is 0 Å². The molecule has 25 heavy (non-hydrogen) atoms. The van der Waals surface area contributed by atoms with Crippen molar-refractivity contribution >= 4 is 5.91 Å². The minimum atomic E-state index is -0.141. The van der Waals surface area contributed by atoms with Crippen LogP contribution in [-0.2, 0) is 29.5 Å². The number of carbonyl (C=O) groups is 1. The number of aromatic nitrogens is 2. The molecule has 5 nitrogen and oxygen atoms in total. The minimum Gasteiger partial charge on any atom is -0.342 e. The van der Waals surface area contributed by atoms with Crippen LogP contribution >= 0.6 is 0 Å². The van der Waals surface area contributed by atoms with Gasteiger partial charge in [-0.1, -0.05) is 50.2 Å². The predicted molar refractivity (Wildman–Crippen MR) is 96.3 cm³/mol. The van der Waals surface area contributed by atoms with Crippen LogP contribution < -0.4 is 0 Å². The zero-order valence-electron chi connectivity index (χ0n) is 15.6. The summed E-state index contributed by atoms with van der Waals surface area (Å²) in [5, 5.41) is 4.01. The summed E-state index contributed by atoms with van der Waals surface area (Å²) in [6.45, 7) is 6.13. The molecule has 0 fully saturated rings. The summed E-state index contributed by atoms with van der Waals surface area (Å²) >= 11 is 0. The smallest absolute Gasteiger partial charge is 0.227 e. The second-order valence-corrected chi connectivity index (χ2v) is 7.93. The molecule has 0 bridgehead atoms. The maximum absolute atomic E-state index is 12.6. The summed E-state index contributed by atoms with van der Waals surface area (Å²) < 4.78 is 5.28. The van der Waals surface area contributed by atoms with Crippen LogP contribution in [0.3, 0.4) is 0 Å². The molecule has 1 amide bonds. The molecule has 3 rings (SSSR count). The average Bonchev–Trinajstić information content (AvgIpc) is 3.08. The molecule has 0 saturated heterocycles. The Morgan fingerprint density at radius 2 is 2.00 bits per heavy atom. The molecule has 1 unspecified atom stereocenters. The van der Waals surface area contributed by atoms with Gasteiger partial charge in [-0.2, -0.15) is 4.98 Å². The lowest BCUT2D eigenvalue weighted by Gasteiger charge is -2.32. The van der Waals surface area contributed by atoms with Gasteiger partial charge in [0.2, 0.25) is 11.8 Å². The van der Waals surface area contributed by atoms with Crippen molar-refractivity contribution in [3.8, 4) is 0 Å². The highest BCUT2D eigenvalue weighted by Crippen LogP contribution is 2.24. The Hall–Kier alpha value is -2.17. The van der Waals surface area contributed by atoms with Crippen molar-refractivity contribution in [2.24, 2.45) is 0 Å². The Kier molecular flexibility index (Phi) is 4.93. The number of nitrogens with zero attached hydrogens (tertiary/aromatic N) is 3. The number of amides is 1. The fourth-order valence-corrected chi connectivity index (χ4v) is 3.26. The SMILES string of the molecule is CN(C(=O)CCc1nc(C(C)(C)C)no1)C1CCc2ccccc2C1. The quantitative estimate of drug-likeness (QED) is 0.856. The van der Waals surface area contributed by atoms with Crippen LogP contribution in [0.1, 0.15) is 56.5 Å². The molecule has 0 spiro atoms. The van der Waals surface area contributed by atoms with Gasteiger partial charge in [0, 0.05) is 31.3 Å². The lowest BCUT2D eigenvalue weighted by Crippen LogP contribution is -2.40. The van der Waals surface area contributed by atoms with Gasteiger partial charge in [-0.3, -0.25) is 4.79 Å². The van der Waals surface area contributed by atoms with E-state index in [2.05, 4.69) is 34.4 Å². The van der Waals surface area contributed by atoms with Crippen LogP contribution in [0.15, 0.2) is 28.8 Å². The number of likely N-dealkylation sites (N-methyl/N-ethyl adjacent to an activating group) is 1. The van der Waals surface area contributed by atoms with E-state index in [0.717, 1.165) is 19.3 Å². The summed E-state index contributed by atoms with van der Waals surface area (Å²) in [7, 11) is 1.91. The number of aryl methyl sites for hydroxylation is 2. The van der Waals surface area contributed by atoms with Crippen molar-refractivity contribution in [2.45, 2.75) is 64.3 Å². The number of carbonyl (C=O) groups excluding carboxylic acids is 1. The van der Waals surface area contributed by atoms with Gasteiger partial charge >= 0.3 is 0 Å². The van der Waals surface area contributed by atoms with Gasteiger partial charge in [-0.25, -0.2) is 0 Å². The van der Waals surface area contributed by atoms with E-state index in [4.69, 9.17) is 4.52 Å². The van der Waals surface area contributed by atoms with Gasteiger partial charge in [-0.15, -0.1) is 0 Å². The van der Waals surface area contributed by atoms with Gasteiger partial charge in [0.25, 0.3) is 0 Å². The minimum absolute atomic E-state index is 0.139. The molecule has 1 aromatic heterocycles. The highest BCUT2D eigenvalue weighted by atomic mass is 16.5. The topological polar surface area (TPSA) is 59.2 Å². The highest BCUT2D eigenvalue weighted by molar-refractivity contribution is 5.76. The first-order valence-corrected chi connectivity index (χ1v) is 9.00. The van der Waals surface area contributed by atoms with Crippen molar-refractivity contribution in [3.05, 3.63) is 47.1 Å². The molecule has 1 aromatic carbocycles. The Balaban J connectivity index is 1.56. The Morgan fingerprint density at radius 1 is 1.28 bits per heavy atom. The van der Waals surface area contributed by atoms with E-state index in [1.807, 2.05) is 32.7 Å². The molecule has 1 atom stereocenters. The molecule has 1 aliphatic rings. The van der Waals surface area contributed by atoms with Gasteiger partial charge in [0.05, 0.1) is 0 Å². The molecule has 134 valence electrons. The summed E-state index contributed by atoms with van der Waals surface area (Å²) in [6.07, 6.45) is 3.90. The molecular weight excluding hydrogens is 314 g/mol. The molecule has 0 N–H and O–H groups in total. The lowest BCUT2D eigenvalue weighted by molar-refractivity contribution is -0.132. The molecule has 5 heteroatoms. The number of fused-ring (bicyclic) bond motifs is 1. The van der Waals surface area contributed by atoms with E-state index in [1.165, 1.54) is 11.1 Å². The highest BCUT2D eigenvalue weighted by Gasteiger charge is 2.25. The van der Waals surface area contributed by atoms with Crippen LogP contribution in [0.4, 0.5) is 0 Å². The molecule has 0 saturated carbocycles. The third-order valence-corrected chi connectivity index (χ3v) is 4.95. The van der Waals surface area contributed by atoms with E-state index < -0.39 is 0 Å². The van der Waals surface area contributed by atoms with E-state index in [-0.39, 0.29) is 17.4 Å². The molecule has 2 aromatic rings. The van der Waals surface area contributed by atoms with Crippen LogP contribution in [0.25, 0.3) is 0 Å². The first-order valence-electron chi connectivity index (χ1n) is 9.00. The summed E-state index contributed by atoms with van der Waals surface area (Å²) in [5.74, 6) is 1.37. The predicted octanol–water partition coefficient (Wildman–Crippen LogP) is 3.32. The fourth-order valence-electron chi connectivity index (χ4n) is 3.26. The lowest BCUT2D eigenvalue weighted by atomic mass is 9.87. The summed E-state index contributed by atoms with van der Waals surface area (Å²) in [6, 6.07) is 8.80. The van der Waals surface area contributed by atoms with Crippen LogP contribution in [-0.4, -0.2) is 34.0 Å². The zero-order chi connectivity index (χ0) is 18.0. The van der Waals surface area contributed by atoms with Gasteiger partial charge in [-0.05, 0) is 30.4 Å². The van der Waals surface area contributed by atoms with Crippen LogP contribution in [0, 0.1) is 0 Å². The Labute approximate surface area is 149 Å². The monoisotopic (exact) mass is 341 g/mol. The normalized spacial score (nSPS) is 17.2. The second-order valence-electron chi connectivity index (χ2n) is 7.93. The van der Waals surface area contributed by atoms with Gasteiger partial charge in [0.1, 0.15) is 0 Å². The van der Waals surface area contributed by atoms with Crippen molar-refractivity contribution < 1.29 is 9.32 Å². The standard InChI is InChI=1S/C20H27N3O2/c1-20(2,3)19-21-17(25-22-19)11-12-18(24)23(4)16-10-9-14-7-5-6-8-15(14)13-16/h5-8,16H,9-13H2,1-4H3. The van der Waals surface area contributed by atoms with Crippen molar-refractivity contribution in [1.82, 2.24) is 15.0 Å². The Morgan fingerprint density at radius 3 is 2.68 bits per heavy atom.